The summed E-state index contributed by atoms with van der Waals surface area (Å²) in [4.78, 5) is 15.1. The first-order chi connectivity index (χ1) is 10.3. The van der Waals surface area contributed by atoms with Crippen molar-refractivity contribution in [2.24, 2.45) is 5.73 Å². The molecule has 4 N–H and O–H groups in total. The van der Waals surface area contributed by atoms with Crippen molar-refractivity contribution in [1.29, 1.82) is 0 Å². The summed E-state index contributed by atoms with van der Waals surface area (Å²) in [5.41, 5.74) is 7.75. The van der Waals surface area contributed by atoms with Gasteiger partial charge in [-0.05, 0) is 30.2 Å². The fourth-order valence-corrected chi connectivity index (χ4v) is 2.35. The molecule has 21 heavy (non-hydrogen) atoms. The molecule has 1 aromatic carbocycles. The minimum atomic E-state index is -0.213. The Morgan fingerprint density at radius 1 is 1.24 bits per heavy atom. The van der Waals surface area contributed by atoms with E-state index in [1.54, 1.807) is 12.1 Å². The van der Waals surface area contributed by atoms with Crippen LogP contribution < -0.4 is 11.1 Å². The zero-order valence-corrected chi connectivity index (χ0v) is 11.6. The lowest BCUT2D eigenvalue weighted by atomic mass is 10.1. The first kappa shape index (κ1) is 13.5. The van der Waals surface area contributed by atoms with Gasteiger partial charge < -0.3 is 20.5 Å². The molecule has 0 saturated carbocycles. The number of benzene rings is 1. The Morgan fingerprint density at radius 3 is 2.90 bits per heavy atom. The number of nitrogens with one attached hydrogen (secondary N) is 2. The van der Waals surface area contributed by atoms with Crippen LogP contribution in [-0.2, 0) is 13.0 Å². The van der Waals surface area contributed by atoms with E-state index in [4.69, 9.17) is 10.2 Å². The average molecular weight is 283 g/mol. The molecule has 5 heteroatoms. The summed E-state index contributed by atoms with van der Waals surface area (Å²) < 4.78 is 5.31. The number of carbonyl (C=O) groups is 1. The van der Waals surface area contributed by atoms with Crippen LogP contribution in [0.1, 0.15) is 21.9 Å². The predicted octanol–water partition coefficient (Wildman–Crippen LogP) is 2.19. The van der Waals surface area contributed by atoms with Crippen molar-refractivity contribution >= 4 is 16.8 Å². The van der Waals surface area contributed by atoms with Crippen molar-refractivity contribution in [2.75, 3.05) is 6.54 Å². The maximum absolute atomic E-state index is 11.9. The van der Waals surface area contributed by atoms with Gasteiger partial charge in [-0.15, -0.1) is 0 Å². The Kier molecular flexibility index (Phi) is 3.75. The quantitative estimate of drug-likeness (QED) is 0.671. The van der Waals surface area contributed by atoms with Crippen LogP contribution in [0.25, 0.3) is 10.9 Å². The van der Waals surface area contributed by atoms with E-state index in [0.717, 1.165) is 11.9 Å². The van der Waals surface area contributed by atoms with Gasteiger partial charge in [0, 0.05) is 23.6 Å². The topological polar surface area (TPSA) is 84.0 Å². The Hall–Kier alpha value is -2.53. The van der Waals surface area contributed by atoms with E-state index in [0.29, 0.717) is 24.6 Å². The highest BCUT2D eigenvalue weighted by Gasteiger charge is 2.10. The molecule has 0 bridgehead atoms. The van der Waals surface area contributed by atoms with Crippen LogP contribution in [0.2, 0.25) is 0 Å². The van der Waals surface area contributed by atoms with Crippen LogP contribution in [-0.4, -0.2) is 17.4 Å². The molecule has 2 heterocycles. The number of aromatic amines is 1. The van der Waals surface area contributed by atoms with Gasteiger partial charge in [-0.2, -0.15) is 0 Å². The van der Waals surface area contributed by atoms with E-state index in [9.17, 15) is 4.79 Å². The molecule has 108 valence electrons. The van der Waals surface area contributed by atoms with Crippen LogP contribution in [0, 0.1) is 0 Å². The second-order valence-electron chi connectivity index (χ2n) is 4.84. The van der Waals surface area contributed by atoms with Crippen molar-refractivity contribution in [2.45, 2.75) is 13.0 Å². The van der Waals surface area contributed by atoms with E-state index in [-0.39, 0.29) is 5.91 Å². The Morgan fingerprint density at radius 2 is 2.10 bits per heavy atom. The molecular weight excluding hydrogens is 266 g/mol. The van der Waals surface area contributed by atoms with Crippen molar-refractivity contribution in [1.82, 2.24) is 10.3 Å². The standard InChI is InChI=1S/C16H17N3O2/c17-9-12-5-6-15(21-12)16(20)18-8-7-11-10-19-14-4-2-1-3-13(11)14/h1-6,10,19H,7-9,17H2,(H,18,20). The van der Waals surface area contributed by atoms with Gasteiger partial charge in [-0.1, -0.05) is 18.2 Å². The third-order valence-electron chi connectivity index (χ3n) is 3.44. The van der Waals surface area contributed by atoms with Gasteiger partial charge in [0.15, 0.2) is 5.76 Å². The SMILES string of the molecule is NCc1ccc(C(=O)NCCc2c[nH]c3ccccc23)o1. The number of H-pyrrole nitrogens is 1. The number of hydrogen-bond donors (Lipinski definition) is 3. The molecule has 0 aliphatic heterocycles. The lowest BCUT2D eigenvalue weighted by Gasteiger charge is -2.02. The van der Waals surface area contributed by atoms with Crippen molar-refractivity contribution in [3.63, 3.8) is 0 Å². The maximum Gasteiger partial charge on any atom is 0.287 e. The van der Waals surface area contributed by atoms with Crippen LogP contribution in [0.4, 0.5) is 0 Å². The van der Waals surface area contributed by atoms with Gasteiger partial charge >= 0.3 is 0 Å². The summed E-state index contributed by atoms with van der Waals surface area (Å²) in [6.07, 6.45) is 2.75. The third-order valence-corrected chi connectivity index (χ3v) is 3.44. The zero-order valence-electron chi connectivity index (χ0n) is 11.6. The number of aromatic nitrogens is 1. The molecule has 0 aliphatic rings. The molecule has 5 nitrogen and oxygen atoms in total. The molecular formula is C16H17N3O2. The van der Waals surface area contributed by atoms with Gasteiger partial charge in [0.2, 0.25) is 0 Å². The fraction of sp³-hybridized carbons (Fsp3) is 0.188. The smallest absolute Gasteiger partial charge is 0.287 e. The molecule has 0 saturated heterocycles. The highest BCUT2D eigenvalue weighted by Crippen LogP contribution is 2.17. The summed E-state index contributed by atoms with van der Waals surface area (Å²) in [6.45, 7) is 0.849. The Balaban J connectivity index is 1.59. The van der Waals surface area contributed by atoms with E-state index in [2.05, 4.69) is 16.4 Å². The number of rotatable bonds is 5. The zero-order chi connectivity index (χ0) is 14.7. The summed E-state index contributed by atoms with van der Waals surface area (Å²) in [7, 11) is 0. The molecule has 0 spiro atoms. The molecule has 0 aliphatic carbocycles. The van der Waals surface area contributed by atoms with E-state index in [1.165, 1.54) is 10.9 Å². The van der Waals surface area contributed by atoms with Crippen molar-refractivity contribution < 1.29 is 9.21 Å². The van der Waals surface area contributed by atoms with Gasteiger partial charge in [-0.25, -0.2) is 0 Å². The molecule has 0 radical (unpaired) electrons. The second-order valence-corrected chi connectivity index (χ2v) is 4.84. The monoisotopic (exact) mass is 283 g/mol. The van der Waals surface area contributed by atoms with Crippen LogP contribution >= 0.6 is 0 Å². The number of furan rings is 1. The van der Waals surface area contributed by atoms with Gasteiger partial charge in [0.25, 0.3) is 5.91 Å². The molecule has 2 aromatic heterocycles. The number of fused-ring (bicyclic) bond motifs is 1. The number of amides is 1. The third kappa shape index (κ3) is 2.83. The van der Waals surface area contributed by atoms with Crippen LogP contribution in [0.15, 0.2) is 47.0 Å². The number of nitrogens with two attached hydrogens (primary N) is 1. The first-order valence-electron chi connectivity index (χ1n) is 6.90. The van der Waals surface area contributed by atoms with E-state index in [1.807, 2.05) is 24.4 Å². The second kappa shape index (κ2) is 5.85. The van der Waals surface area contributed by atoms with Gasteiger partial charge in [0.05, 0.1) is 6.54 Å². The van der Waals surface area contributed by atoms with Gasteiger partial charge in [-0.3, -0.25) is 4.79 Å². The summed E-state index contributed by atoms with van der Waals surface area (Å²) in [6, 6.07) is 11.5. The largest absolute Gasteiger partial charge is 0.455 e. The summed E-state index contributed by atoms with van der Waals surface area (Å²) >= 11 is 0. The molecule has 0 atom stereocenters. The van der Waals surface area contributed by atoms with Crippen LogP contribution in [0.3, 0.4) is 0 Å². The predicted molar refractivity (Wildman–Crippen MR) is 80.9 cm³/mol. The summed E-state index contributed by atoms with van der Waals surface area (Å²) in [5.74, 6) is 0.695. The number of carbonyl (C=O) groups excluding carboxylic acids is 1. The average Bonchev–Trinajstić information content (AvgIpc) is 3.14. The first-order valence-corrected chi connectivity index (χ1v) is 6.90. The van der Waals surface area contributed by atoms with Crippen molar-refractivity contribution in [3.8, 4) is 0 Å². The molecule has 1 amide bonds. The van der Waals surface area contributed by atoms with E-state index < -0.39 is 0 Å². The van der Waals surface area contributed by atoms with Crippen molar-refractivity contribution in [3.05, 3.63) is 59.7 Å². The molecule has 0 fully saturated rings. The van der Waals surface area contributed by atoms with Gasteiger partial charge in [0.1, 0.15) is 5.76 Å². The van der Waals surface area contributed by atoms with Crippen LogP contribution in [0.5, 0.6) is 0 Å². The highest BCUT2D eigenvalue weighted by molar-refractivity contribution is 5.91. The molecule has 0 unspecified atom stereocenters. The fourth-order valence-electron chi connectivity index (χ4n) is 2.35. The maximum atomic E-state index is 11.9. The molecule has 3 aromatic rings. The highest BCUT2D eigenvalue weighted by atomic mass is 16.4. The number of para-hydroxylation sites is 1. The molecule has 3 rings (SSSR count). The number of hydrogen-bond acceptors (Lipinski definition) is 3. The lowest BCUT2D eigenvalue weighted by Crippen LogP contribution is -2.25. The Bertz CT molecular complexity index is 758. The lowest BCUT2D eigenvalue weighted by molar-refractivity contribution is 0.0925. The minimum Gasteiger partial charge on any atom is -0.455 e. The van der Waals surface area contributed by atoms with E-state index >= 15 is 0 Å². The summed E-state index contributed by atoms with van der Waals surface area (Å²) in [5, 5.41) is 4.04. The minimum absolute atomic E-state index is 0.213. The normalized spacial score (nSPS) is 10.9. The Labute approximate surface area is 122 Å².